The first-order chi connectivity index (χ1) is 5.76. The molecule has 1 aromatic heterocycles. The molecule has 0 aromatic carbocycles. The molecule has 68 valence electrons. The van der Waals surface area contributed by atoms with E-state index >= 15 is 0 Å². The molecule has 0 aliphatic carbocycles. The van der Waals surface area contributed by atoms with Crippen LogP contribution in [0.25, 0.3) is 0 Å². The van der Waals surface area contributed by atoms with Gasteiger partial charge in [0.25, 0.3) is 0 Å². The first-order valence-electron chi connectivity index (χ1n) is 4.08. The fourth-order valence-electron chi connectivity index (χ4n) is 1.03. The Morgan fingerprint density at radius 1 is 1.50 bits per heavy atom. The second kappa shape index (κ2) is 4.94. The molecule has 12 heavy (non-hydrogen) atoms. The van der Waals surface area contributed by atoms with Crippen LogP contribution in [0, 0.1) is 0 Å². The van der Waals surface area contributed by atoms with E-state index in [1.165, 1.54) is 0 Å². The lowest BCUT2D eigenvalue weighted by atomic mass is 10.4. The summed E-state index contributed by atoms with van der Waals surface area (Å²) in [5, 5.41) is 2.10. The molecule has 1 rings (SSSR count). The quantitative estimate of drug-likeness (QED) is 0.815. The molecule has 0 amide bonds. The molecule has 0 saturated heterocycles. The van der Waals surface area contributed by atoms with Crippen molar-refractivity contribution in [3.8, 4) is 0 Å². The van der Waals surface area contributed by atoms with Crippen LogP contribution in [0.15, 0.2) is 9.30 Å². The molecule has 2 nitrogen and oxygen atoms in total. The van der Waals surface area contributed by atoms with E-state index in [-0.39, 0.29) is 0 Å². The van der Waals surface area contributed by atoms with Gasteiger partial charge >= 0.3 is 0 Å². The highest BCUT2D eigenvalue weighted by molar-refractivity contribution is 9.11. The highest BCUT2D eigenvalue weighted by atomic mass is 79.9. The highest BCUT2D eigenvalue weighted by Crippen LogP contribution is 2.16. The number of thiazole rings is 1. The van der Waals surface area contributed by atoms with Gasteiger partial charge in [-0.25, -0.2) is 4.98 Å². The summed E-state index contributed by atoms with van der Waals surface area (Å²) in [5.74, 6) is 0. The Labute approximate surface area is 85.7 Å². The Bertz CT molecular complexity index is 233. The van der Waals surface area contributed by atoms with Gasteiger partial charge in [0.15, 0.2) is 3.92 Å². The molecule has 1 aromatic rings. The largest absolute Gasteiger partial charge is 0.298 e. The normalized spacial score (nSPS) is 11.0. The van der Waals surface area contributed by atoms with Crippen LogP contribution in [0.4, 0.5) is 0 Å². The molecule has 0 aliphatic rings. The number of halogens is 1. The van der Waals surface area contributed by atoms with E-state index in [0.29, 0.717) is 0 Å². The van der Waals surface area contributed by atoms with Gasteiger partial charge in [0.2, 0.25) is 0 Å². The third-order valence-electron chi connectivity index (χ3n) is 1.80. The smallest absolute Gasteiger partial charge is 0.159 e. The maximum Gasteiger partial charge on any atom is 0.159 e. The van der Waals surface area contributed by atoms with Gasteiger partial charge in [-0.05, 0) is 29.0 Å². The van der Waals surface area contributed by atoms with Crippen molar-refractivity contribution in [3.05, 3.63) is 15.0 Å². The van der Waals surface area contributed by atoms with E-state index in [2.05, 4.69) is 45.0 Å². The Kier molecular flexibility index (Phi) is 4.18. The molecule has 0 bridgehead atoms. The molecule has 0 unspecified atom stereocenters. The van der Waals surface area contributed by atoms with Gasteiger partial charge in [-0.1, -0.05) is 13.8 Å². The number of aromatic nitrogens is 1. The molecule has 0 atom stereocenters. The van der Waals surface area contributed by atoms with Crippen LogP contribution in [0.1, 0.15) is 19.5 Å². The van der Waals surface area contributed by atoms with Crippen molar-refractivity contribution in [3.63, 3.8) is 0 Å². The van der Waals surface area contributed by atoms with E-state index in [1.807, 2.05) is 0 Å². The SMILES string of the molecule is CCN(CC)Cc1csc(Br)n1. The second-order valence-corrected chi connectivity index (χ2v) is 4.69. The monoisotopic (exact) mass is 248 g/mol. The zero-order valence-electron chi connectivity index (χ0n) is 7.38. The predicted molar refractivity (Wildman–Crippen MR) is 56.4 cm³/mol. The molecule has 4 heteroatoms. The fraction of sp³-hybridized carbons (Fsp3) is 0.625. The van der Waals surface area contributed by atoms with Crippen molar-refractivity contribution in [2.45, 2.75) is 20.4 Å². The van der Waals surface area contributed by atoms with Crippen molar-refractivity contribution in [1.82, 2.24) is 9.88 Å². The van der Waals surface area contributed by atoms with Crippen LogP contribution >= 0.6 is 27.3 Å². The van der Waals surface area contributed by atoms with Gasteiger partial charge in [0, 0.05) is 11.9 Å². The molecule has 0 N–H and O–H groups in total. The minimum absolute atomic E-state index is 0.967. The summed E-state index contributed by atoms with van der Waals surface area (Å²) in [5.41, 5.74) is 1.16. The Hall–Kier alpha value is 0.0700. The second-order valence-electron chi connectivity index (χ2n) is 2.55. The lowest BCUT2D eigenvalue weighted by Crippen LogP contribution is -2.22. The molecular weight excluding hydrogens is 236 g/mol. The lowest BCUT2D eigenvalue weighted by Gasteiger charge is -2.15. The van der Waals surface area contributed by atoms with E-state index in [1.54, 1.807) is 11.3 Å². The average Bonchev–Trinajstić information content (AvgIpc) is 2.47. The van der Waals surface area contributed by atoms with Crippen molar-refractivity contribution in [2.24, 2.45) is 0 Å². The number of hydrogen-bond donors (Lipinski definition) is 0. The summed E-state index contributed by atoms with van der Waals surface area (Å²) in [4.78, 5) is 6.69. The van der Waals surface area contributed by atoms with Gasteiger partial charge in [-0.15, -0.1) is 11.3 Å². The third-order valence-corrected chi connectivity index (χ3v) is 3.22. The van der Waals surface area contributed by atoms with Crippen molar-refractivity contribution in [1.29, 1.82) is 0 Å². The van der Waals surface area contributed by atoms with Crippen LogP contribution in [-0.2, 0) is 6.54 Å². The zero-order chi connectivity index (χ0) is 8.97. The summed E-state index contributed by atoms with van der Waals surface area (Å²) < 4.78 is 0.977. The number of hydrogen-bond acceptors (Lipinski definition) is 3. The summed E-state index contributed by atoms with van der Waals surface area (Å²) in [6.45, 7) is 7.49. The van der Waals surface area contributed by atoms with Crippen LogP contribution in [0.2, 0.25) is 0 Å². The van der Waals surface area contributed by atoms with Crippen molar-refractivity contribution < 1.29 is 0 Å². The van der Waals surface area contributed by atoms with Crippen LogP contribution in [-0.4, -0.2) is 23.0 Å². The standard InChI is InChI=1S/C8H13BrN2S/c1-3-11(4-2)5-7-6-12-8(9)10-7/h6H,3-5H2,1-2H3. The van der Waals surface area contributed by atoms with E-state index < -0.39 is 0 Å². The zero-order valence-corrected chi connectivity index (χ0v) is 9.78. The predicted octanol–water partition coefficient (Wildman–Crippen LogP) is 2.75. The van der Waals surface area contributed by atoms with Crippen molar-refractivity contribution >= 4 is 27.3 Å². The van der Waals surface area contributed by atoms with Gasteiger partial charge < -0.3 is 0 Å². The molecule has 1 heterocycles. The van der Waals surface area contributed by atoms with Gasteiger partial charge in [0.05, 0.1) is 5.69 Å². The maximum atomic E-state index is 4.34. The van der Waals surface area contributed by atoms with Crippen LogP contribution in [0.3, 0.4) is 0 Å². The molecule has 0 saturated carbocycles. The summed E-state index contributed by atoms with van der Waals surface area (Å²) >= 11 is 5.00. The molecular formula is C8H13BrN2S. The Morgan fingerprint density at radius 2 is 2.17 bits per heavy atom. The first-order valence-corrected chi connectivity index (χ1v) is 5.75. The molecule has 0 aliphatic heterocycles. The summed E-state index contributed by atoms with van der Waals surface area (Å²) in [6, 6.07) is 0. The maximum absolute atomic E-state index is 4.34. The minimum atomic E-state index is 0.967. The van der Waals surface area contributed by atoms with E-state index in [9.17, 15) is 0 Å². The van der Waals surface area contributed by atoms with E-state index in [0.717, 1.165) is 29.2 Å². The summed E-state index contributed by atoms with van der Waals surface area (Å²) in [6.07, 6.45) is 0. The molecule has 0 fully saturated rings. The van der Waals surface area contributed by atoms with E-state index in [4.69, 9.17) is 0 Å². The minimum Gasteiger partial charge on any atom is -0.298 e. The first kappa shape index (κ1) is 10.2. The van der Waals surface area contributed by atoms with Gasteiger partial charge in [-0.3, -0.25) is 4.90 Å². The number of rotatable bonds is 4. The topological polar surface area (TPSA) is 16.1 Å². The lowest BCUT2D eigenvalue weighted by molar-refractivity contribution is 0.293. The average molecular weight is 249 g/mol. The summed E-state index contributed by atoms with van der Waals surface area (Å²) in [7, 11) is 0. The van der Waals surface area contributed by atoms with Crippen LogP contribution < -0.4 is 0 Å². The molecule has 0 spiro atoms. The van der Waals surface area contributed by atoms with Gasteiger partial charge in [-0.2, -0.15) is 0 Å². The Morgan fingerprint density at radius 3 is 2.58 bits per heavy atom. The highest BCUT2D eigenvalue weighted by Gasteiger charge is 2.03. The van der Waals surface area contributed by atoms with Crippen LogP contribution in [0.5, 0.6) is 0 Å². The van der Waals surface area contributed by atoms with Gasteiger partial charge in [0.1, 0.15) is 0 Å². The van der Waals surface area contributed by atoms with Crippen molar-refractivity contribution in [2.75, 3.05) is 13.1 Å². The fourth-order valence-corrected chi connectivity index (χ4v) is 2.07. The third kappa shape index (κ3) is 2.84. The number of nitrogens with zero attached hydrogens (tertiary/aromatic N) is 2. The molecule has 0 radical (unpaired) electrons. The Balaban J connectivity index is 2.50.